The number of fused-ring (bicyclic) bond motifs is 1. The van der Waals surface area contributed by atoms with Gasteiger partial charge >= 0.3 is 6.09 Å². The van der Waals surface area contributed by atoms with Gasteiger partial charge in [-0.3, -0.25) is 4.90 Å². The number of carbonyl (C=O) groups is 1. The fourth-order valence-corrected chi connectivity index (χ4v) is 3.45. The van der Waals surface area contributed by atoms with Gasteiger partial charge in [-0.1, -0.05) is 12.1 Å². The molecular formula is C18H21N7O2. The van der Waals surface area contributed by atoms with Gasteiger partial charge in [-0.15, -0.1) is 0 Å². The SMILES string of the molecule is Nc1ccc(-c2cc(CN3CCN(C(=O)O)CC3)n3ncnc(N)c23)cc1. The summed E-state index contributed by atoms with van der Waals surface area (Å²) in [5.41, 5.74) is 16.3. The van der Waals surface area contributed by atoms with Gasteiger partial charge in [0.15, 0.2) is 5.82 Å². The number of hydrogen-bond donors (Lipinski definition) is 3. The average Bonchev–Trinajstić information content (AvgIpc) is 3.03. The van der Waals surface area contributed by atoms with Crippen LogP contribution >= 0.6 is 0 Å². The van der Waals surface area contributed by atoms with Gasteiger partial charge in [0, 0.05) is 44.0 Å². The van der Waals surface area contributed by atoms with Gasteiger partial charge in [0.2, 0.25) is 0 Å². The lowest BCUT2D eigenvalue weighted by molar-refractivity contribution is 0.102. The normalized spacial score (nSPS) is 15.3. The first kappa shape index (κ1) is 17.1. The number of benzene rings is 1. The zero-order valence-corrected chi connectivity index (χ0v) is 14.7. The van der Waals surface area contributed by atoms with Crippen molar-refractivity contribution in [2.45, 2.75) is 6.54 Å². The Bertz CT molecular complexity index is 975. The molecule has 2 aromatic heterocycles. The summed E-state index contributed by atoms with van der Waals surface area (Å²) in [6.45, 7) is 3.01. The Morgan fingerprint density at radius 1 is 1.11 bits per heavy atom. The third-order valence-corrected chi connectivity index (χ3v) is 4.91. The lowest BCUT2D eigenvalue weighted by Gasteiger charge is -2.32. The molecule has 0 unspecified atom stereocenters. The molecule has 5 N–H and O–H groups in total. The lowest BCUT2D eigenvalue weighted by Crippen LogP contribution is -2.47. The first-order valence-electron chi connectivity index (χ1n) is 8.70. The molecule has 27 heavy (non-hydrogen) atoms. The van der Waals surface area contributed by atoms with E-state index in [0.29, 0.717) is 44.2 Å². The summed E-state index contributed by atoms with van der Waals surface area (Å²) in [5, 5.41) is 13.5. The minimum atomic E-state index is -0.867. The van der Waals surface area contributed by atoms with Crippen molar-refractivity contribution in [1.29, 1.82) is 0 Å². The largest absolute Gasteiger partial charge is 0.465 e. The number of nitrogens with two attached hydrogens (primary N) is 2. The molecule has 1 fully saturated rings. The number of nitrogens with zero attached hydrogens (tertiary/aromatic N) is 5. The summed E-state index contributed by atoms with van der Waals surface area (Å²) in [7, 11) is 0. The highest BCUT2D eigenvalue weighted by molar-refractivity contribution is 5.88. The van der Waals surface area contributed by atoms with Crippen molar-refractivity contribution in [3.8, 4) is 11.1 Å². The highest BCUT2D eigenvalue weighted by Gasteiger charge is 2.22. The number of amides is 1. The van der Waals surface area contributed by atoms with Crippen molar-refractivity contribution in [3.63, 3.8) is 0 Å². The van der Waals surface area contributed by atoms with Gasteiger partial charge in [-0.25, -0.2) is 14.3 Å². The molecule has 0 bridgehead atoms. The topological polar surface area (TPSA) is 126 Å². The van der Waals surface area contributed by atoms with Crippen LogP contribution in [0.4, 0.5) is 16.3 Å². The van der Waals surface area contributed by atoms with Gasteiger partial charge in [0.25, 0.3) is 0 Å². The minimum Gasteiger partial charge on any atom is -0.465 e. The van der Waals surface area contributed by atoms with Gasteiger partial charge in [-0.05, 0) is 23.8 Å². The molecule has 1 aliphatic rings. The standard InChI is InChI=1S/C18H21N7O2/c19-13-3-1-12(2-4-13)15-9-14(25-16(15)17(20)21-11-22-25)10-23-5-7-24(8-6-23)18(26)27/h1-4,9,11H,5-8,10,19H2,(H,26,27)(H2,20,21,22). The first-order chi connectivity index (χ1) is 13.0. The molecule has 0 saturated carbocycles. The molecule has 9 heteroatoms. The van der Waals surface area contributed by atoms with Gasteiger partial charge < -0.3 is 21.5 Å². The Balaban J connectivity index is 1.67. The van der Waals surface area contributed by atoms with Gasteiger partial charge in [0.1, 0.15) is 11.8 Å². The third-order valence-electron chi connectivity index (χ3n) is 4.91. The van der Waals surface area contributed by atoms with E-state index in [4.69, 9.17) is 16.6 Å². The number of hydrogen-bond acceptors (Lipinski definition) is 6. The molecule has 140 valence electrons. The number of carboxylic acid groups (broad SMARTS) is 1. The molecule has 1 saturated heterocycles. The minimum absolute atomic E-state index is 0.416. The zero-order chi connectivity index (χ0) is 19.0. The smallest absolute Gasteiger partial charge is 0.407 e. The number of rotatable bonds is 3. The number of aromatic nitrogens is 3. The third kappa shape index (κ3) is 3.24. The van der Waals surface area contributed by atoms with Crippen LogP contribution in [-0.2, 0) is 6.54 Å². The van der Waals surface area contributed by atoms with Crippen LogP contribution in [0.25, 0.3) is 16.6 Å². The number of nitrogen functional groups attached to an aromatic ring is 2. The van der Waals surface area contributed by atoms with E-state index in [-0.39, 0.29) is 0 Å². The van der Waals surface area contributed by atoms with Crippen molar-refractivity contribution in [2.24, 2.45) is 0 Å². The highest BCUT2D eigenvalue weighted by Crippen LogP contribution is 2.31. The van der Waals surface area contributed by atoms with E-state index in [1.807, 2.05) is 28.8 Å². The van der Waals surface area contributed by atoms with E-state index in [2.05, 4.69) is 21.0 Å². The molecular weight excluding hydrogens is 346 g/mol. The van der Waals surface area contributed by atoms with Crippen LogP contribution in [0.2, 0.25) is 0 Å². The van der Waals surface area contributed by atoms with Crippen molar-refractivity contribution >= 4 is 23.1 Å². The molecule has 0 atom stereocenters. The van der Waals surface area contributed by atoms with Crippen molar-refractivity contribution in [3.05, 3.63) is 42.4 Å². The van der Waals surface area contributed by atoms with Crippen molar-refractivity contribution in [1.82, 2.24) is 24.4 Å². The second kappa shape index (κ2) is 6.76. The van der Waals surface area contributed by atoms with E-state index in [1.54, 1.807) is 0 Å². The quantitative estimate of drug-likeness (QED) is 0.597. The maximum Gasteiger partial charge on any atom is 0.407 e. The summed E-state index contributed by atoms with van der Waals surface area (Å²) in [4.78, 5) is 18.9. The molecule has 4 rings (SSSR count). The van der Waals surface area contributed by atoms with E-state index in [1.165, 1.54) is 11.2 Å². The summed E-state index contributed by atoms with van der Waals surface area (Å²) >= 11 is 0. The number of piperazine rings is 1. The van der Waals surface area contributed by atoms with Crippen molar-refractivity contribution < 1.29 is 9.90 Å². The van der Waals surface area contributed by atoms with Crippen LogP contribution in [-0.4, -0.2) is 61.8 Å². The molecule has 0 spiro atoms. The molecule has 0 aliphatic carbocycles. The van der Waals surface area contributed by atoms with E-state index in [9.17, 15) is 4.79 Å². The first-order valence-corrected chi connectivity index (χ1v) is 8.70. The van der Waals surface area contributed by atoms with E-state index >= 15 is 0 Å². The monoisotopic (exact) mass is 367 g/mol. The fraction of sp³-hybridized carbons (Fsp3) is 0.278. The highest BCUT2D eigenvalue weighted by atomic mass is 16.4. The number of anilines is 2. The molecule has 1 amide bonds. The predicted molar refractivity (Wildman–Crippen MR) is 102 cm³/mol. The summed E-state index contributed by atoms with van der Waals surface area (Å²) in [6.07, 6.45) is 0.579. The Morgan fingerprint density at radius 2 is 1.81 bits per heavy atom. The maximum atomic E-state index is 11.1. The molecule has 1 aliphatic heterocycles. The van der Waals surface area contributed by atoms with Gasteiger partial charge in [-0.2, -0.15) is 5.10 Å². The zero-order valence-electron chi connectivity index (χ0n) is 14.7. The molecule has 1 aromatic carbocycles. The van der Waals surface area contributed by atoms with Gasteiger partial charge in [0.05, 0.1) is 5.69 Å². The average molecular weight is 367 g/mol. The van der Waals surface area contributed by atoms with Crippen LogP contribution in [0.1, 0.15) is 5.69 Å². The second-order valence-corrected chi connectivity index (χ2v) is 6.62. The molecule has 3 heterocycles. The lowest BCUT2D eigenvalue weighted by atomic mass is 10.1. The summed E-state index contributed by atoms with van der Waals surface area (Å²) in [6, 6.07) is 9.67. The molecule has 9 nitrogen and oxygen atoms in total. The Hall–Kier alpha value is -3.33. The summed E-state index contributed by atoms with van der Waals surface area (Å²) in [5.74, 6) is 0.416. The fourth-order valence-electron chi connectivity index (χ4n) is 3.45. The van der Waals surface area contributed by atoms with Crippen LogP contribution in [0.15, 0.2) is 36.7 Å². The van der Waals surface area contributed by atoms with E-state index in [0.717, 1.165) is 22.3 Å². The Morgan fingerprint density at radius 3 is 2.48 bits per heavy atom. The van der Waals surface area contributed by atoms with Crippen LogP contribution in [0.5, 0.6) is 0 Å². The predicted octanol–water partition coefficient (Wildman–Crippen LogP) is 1.36. The van der Waals surface area contributed by atoms with Crippen LogP contribution < -0.4 is 11.5 Å². The van der Waals surface area contributed by atoms with Crippen LogP contribution in [0, 0.1) is 0 Å². The van der Waals surface area contributed by atoms with E-state index < -0.39 is 6.09 Å². The van der Waals surface area contributed by atoms with Crippen molar-refractivity contribution in [2.75, 3.05) is 37.6 Å². The molecule has 3 aromatic rings. The second-order valence-electron chi connectivity index (χ2n) is 6.62. The Kier molecular flexibility index (Phi) is 4.28. The Labute approximate surface area is 155 Å². The maximum absolute atomic E-state index is 11.1. The molecule has 0 radical (unpaired) electrons. The summed E-state index contributed by atoms with van der Waals surface area (Å²) < 4.78 is 1.82. The van der Waals surface area contributed by atoms with Crippen LogP contribution in [0.3, 0.4) is 0 Å².